The summed E-state index contributed by atoms with van der Waals surface area (Å²) in [5.74, 6) is -0.0138. The topological polar surface area (TPSA) is 68.9 Å². The van der Waals surface area contributed by atoms with Gasteiger partial charge in [0.15, 0.2) is 0 Å². The maximum atomic E-state index is 12.9. The summed E-state index contributed by atoms with van der Waals surface area (Å²) in [5.41, 5.74) is 1.23. The number of aromatic nitrogens is 1. The molecule has 0 aliphatic carbocycles. The van der Waals surface area contributed by atoms with Gasteiger partial charge in [0.25, 0.3) is 5.91 Å². The molecule has 0 spiro atoms. The average molecular weight is 470 g/mol. The quantitative estimate of drug-likeness (QED) is 0.748. The Kier molecular flexibility index (Phi) is 5.91. The molecule has 7 nitrogen and oxygen atoms in total. The predicted molar refractivity (Wildman–Crippen MR) is 111 cm³/mol. The van der Waals surface area contributed by atoms with E-state index in [9.17, 15) is 9.59 Å². The first-order chi connectivity index (χ1) is 13.5. The van der Waals surface area contributed by atoms with Crippen molar-refractivity contribution in [2.75, 3.05) is 59.0 Å². The van der Waals surface area contributed by atoms with Gasteiger partial charge in [-0.3, -0.25) is 14.5 Å². The molecule has 2 fully saturated rings. The Labute approximate surface area is 176 Å². The zero-order valence-corrected chi connectivity index (χ0v) is 17.8. The monoisotopic (exact) mass is 468 g/mol. The number of H-pyrrole nitrogens is 1. The minimum Gasteiger partial charge on any atom is -0.379 e. The summed E-state index contributed by atoms with van der Waals surface area (Å²) in [4.78, 5) is 34.3. The number of ether oxygens (including phenoxy) is 1. The highest BCUT2D eigenvalue weighted by molar-refractivity contribution is 9.10. The van der Waals surface area contributed by atoms with Crippen molar-refractivity contribution in [3.05, 3.63) is 33.4 Å². The summed E-state index contributed by atoms with van der Waals surface area (Å²) in [6, 6.07) is 5.69. The molecule has 2 aliphatic heterocycles. The van der Waals surface area contributed by atoms with Crippen molar-refractivity contribution in [1.29, 1.82) is 0 Å². The van der Waals surface area contributed by atoms with Crippen LogP contribution in [0.15, 0.2) is 22.7 Å². The van der Waals surface area contributed by atoms with Gasteiger partial charge in [-0.25, -0.2) is 0 Å². The van der Waals surface area contributed by atoms with Gasteiger partial charge in [0.1, 0.15) is 5.69 Å². The number of aromatic amines is 1. The van der Waals surface area contributed by atoms with Gasteiger partial charge >= 0.3 is 0 Å². The van der Waals surface area contributed by atoms with Gasteiger partial charge in [0, 0.05) is 54.6 Å². The zero-order valence-electron chi connectivity index (χ0n) is 15.4. The SMILES string of the molecule is O=C(CN1CCOCC1)N1CCN(C(=O)c2[nH]c3ccc(Br)cc3c2Cl)CC1. The van der Waals surface area contributed by atoms with Gasteiger partial charge in [-0.15, -0.1) is 0 Å². The van der Waals surface area contributed by atoms with Crippen LogP contribution in [-0.4, -0.2) is 90.5 Å². The number of morpholine rings is 1. The van der Waals surface area contributed by atoms with Crippen molar-refractivity contribution < 1.29 is 14.3 Å². The molecule has 0 bridgehead atoms. The number of halogens is 2. The molecule has 0 atom stereocenters. The highest BCUT2D eigenvalue weighted by Gasteiger charge is 2.28. The first kappa shape index (κ1) is 19.7. The number of hydrogen-bond donors (Lipinski definition) is 1. The molecular formula is C19H22BrClN4O3. The summed E-state index contributed by atoms with van der Waals surface area (Å²) in [5, 5.41) is 1.26. The summed E-state index contributed by atoms with van der Waals surface area (Å²) >= 11 is 9.88. The van der Waals surface area contributed by atoms with E-state index in [1.807, 2.05) is 23.1 Å². The Morgan fingerprint density at radius 1 is 1.07 bits per heavy atom. The summed E-state index contributed by atoms with van der Waals surface area (Å²) in [7, 11) is 0. The number of fused-ring (bicyclic) bond motifs is 1. The second-order valence-electron chi connectivity index (χ2n) is 7.07. The maximum Gasteiger partial charge on any atom is 0.271 e. The number of nitrogens with one attached hydrogen (secondary N) is 1. The molecule has 4 rings (SSSR count). The van der Waals surface area contributed by atoms with E-state index in [0.717, 1.165) is 28.5 Å². The molecule has 2 aliphatic rings. The third-order valence-electron chi connectivity index (χ3n) is 5.29. The maximum absolute atomic E-state index is 12.9. The highest BCUT2D eigenvalue weighted by Crippen LogP contribution is 2.30. The second-order valence-corrected chi connectivity index (χ2v) is 8.36. The molecule has 2 aromatic rings. The van der Waals surface area contributed by atoms with Gasteiger partial charge < -0.3 is 19.5 Å². The fourth-order valence-corrected chi connectivity index (χ4v) is 4.29. The normalized spacial score (nSPS) is 18.6. The number of carbonyl (C=O) groups excluding carboxylic acids is 2. The minimum atomic E-state index is -0.127. The molecule has 150 valence electrons. The molecule has 0 saturated carbocycles. The number of piperazine rings is 1. The molecule has 28 heavy (non-hydrogen) atoms. The molecule has 2 amide bonds. The molecule has 0 radical (unpaired) electrons. The van der Waals surface area contributed by atoms with Crippen LogP contribution in [0.25, 0.3) is 10.9 Å². The number of carbonyl (C=O) groups is 2. The van der Waals surface area contributed by atoms with Gasteiger partial charge in [0.05, 0.1) is 24.8 Å². The Hall–Kier alpha value is -1.61. The van der Waals surface area contributed by atoms with E-state index >= 15 is 0 Å². The van der Waals surface area contributed by atoms with Gasteiger partial charge in [0.2, 0.25) is 5.91 Å². The molecular weight excluding hydrogens is 448 g/mol. The van der Waals surface area contributed by atoms with Gasteiger partial charge in [-0.2, -0.15) is 0 Å². The van der Waals surface area contributed by atoms with Crippen molar-refractivity contribution in [3.63, 3.8) is 0 Å². The lowest BCUT2D eigenvalue weighted by Crippen LogP contribution is -2.53. The first-order valence-corrected chi connectivity index (χ1v) is 10.5. The third-order valence-corrected chi connectivity index (χ3v) is 6.18. The average Bonchev–Trinajstić information content (AvgIpc) is 3.04. The molecule has 2 saturated heterocycles. The first-order valence-electron chi connectivity index (χ1n) is 9.37. The standard InChI is InChI=1S/C19H22BrClN4O3/c20-13-1-2-15-14(11-13)17(21)18(22-15)19(27)25-5-3-24(4-6-25)16(26)12-23-7-9-28-10-8-23/h1-2,11,22H,3-10,12H2. The van der Waals surface area contributed by atoms with E-state index < -0.39 is 0 Å². The highest BCUT2D eigenvalue weighted by atomic mass is 79.9. The molecule has 9 heteroatoms. The van der Waals surface area contributed by atoms with E-state index in [4.69, 9.17) is 16.3 Å². The number of hydrogen-bond acceptors (Lipinski definition) is 4. The van der Waals surface area contributed by atoms with E-state index in [2.05, 4.69) is 25.8 Å². The van der Waals surface area contributed by atoms with Crippen LogP contribution in [0.3, 0.4) is 0 Å². The largest absolute Gasteiger partial charge is 0.379 e. The van der Waals surface area contributed by atoms with Crippen LogP contribution >= 0.6 is 27.5 Å². The molecule has 0 unspecified atom stereocenters. The Balaban J connectivity index is 1.37. The lowest BCUT2D eigenvalue weighted by molar-refractivity contribution is -0.134. The second kappa shape index (κ2) is 8.41. The van der Waals surface area contributed by atoms with E-state index in [0.29, 0.717) is 56.7 Å². The van der Waals surface area contributed by atoms with Crippen molar-refractivity contribution in [1.82, 2.24) is 19.7 Å². The third kappa shape index (κ3) is 4.05. The fraction of sp³-hybridized carbons (Fsp3) is 0.474. The lowest BCUT2D eigenvalue weighted by Gasteiger charge is -2.36. The van der Waals surface area contributed by atoms with Crippen molar-refractivity contribution in [2.45, 2.75) is 0 Å². The number of nitrogens with zero attached hydrogens (tertiary/aromatic N) is 3. The zero-order chi connectivity index (χ0) is 19.7. The smallest absolute Gasteiger partial charge is 0.271 e. The molecule has 1 N–H and O–H groups in total. The van der Waals surface area contributed by atoms with Crippen LogP contribution in [-0.2, 0) is 9.53 Å². The van der Waals surface area contributed by atoms with Gasteiger partial charge in [-0.05, 0) is 18.2 Å². The van der Waals surface area contributed by atoms with Crippen LogP contribution in [0, 0.1) is 0 Å². The van der Waals surface area contributed by atoms with E-state index in [1.165, 1.54) is 0 Å². The summed E-state index contributed by atoms with van der Waals surface area (Å²) in [6.45, 7) is 5.44. The Bertz CT molecular complexity index is 889. The van der Waals surface area contributed by atoms with Crippen LogP contribution in [0.5, 0.6) is 0 Å². The van der Waals surface area contributed by atoms with Crippen LogP contribution in [0.1, 0.15) is 10.5 Å². The van der Waals surface area contributed by atoms with E-state index in [1.54, 1.807) is 4.90 Å². The Morgan fingerprint density at radius 3 is 2.46 bits per heavy atom. The Morgan fingerprint density at radius 2 is 1.75 bits per heavy atom. The summed E-state index contributed by atoms with van der Waals surface area (Å²) in [6.07, 6.45) is 0. The molecule has 1 aromatic carbocycles. The van der Waals surface area contributed by atoms with Crippen molar-refractivity contribution in [3.8, 4) is 0 Å². The van der Waals surface area contributed by atoms with Crippen molar-refractivity contribution >= 4 is 50.2 Å². The number of benzene rings is 1. The summed E-state index contributed by atoms with van der Waals surface area (Å²) < 4.78 is 6.23. The lowest BCUT2D eigenvalue weighted by atomic mass is 10.2. The van der Waals surface area contributed by atoms with Crippen LogP contribution in [0.2, 0.25) is 5.02 Å². The molecule has 3 heterocycles. The van der Waals surface area contributed by atoms with E-state index in [-0.39, 0.29) is 11.8 Å². The predicted octanol–water partition coefficient (Wildman–Crippen LogP) is 2.20. The van der Waals surface area contributed by atoms with Crippen molar-refractivity contribution in [2.24, 2.45) is 0 Å². The number of rotatable bonds is 3. The van der Waals surface area contributed by atoms with Crippen LogP contribution < -0.4 is 0 Å². The van der Waals surface area contributed by atoms with Crippen LogP contribution in [0.4, 0.5) is 0 Å². The fourth-order valence-electron chi connectivity index (χ4n) is 3.65. The number of amides is 2. The van der Waals surface area contributed by atoms with Gasteiger partial charge in [-0.1, -0.05) is 27.5 Å². The molecule has 1 aromatic heterocycles. The minimum absolute atomic E-state index is 0.113.